The zero-order valence-electron chi connectivity index (χ0n) is 13.2. The van der Waals surface area contributed by atoms with Crippen LogP contribution in [0.4, 0.5) is 0 Å². The molecule has 120 valence electrons. The molecule has 1 aromatic heterocycles. The van der Waals surface area contributed by atoms with Crippen molar-refractivity contribution in [3.05, 3.63) is 58.3 Å². The Morgan fingerprint density at radius 1 is 1.14 bits per heavy atom. The smallest absolute Gasteiger partial charge is 0.193 e. The fraction of sp³-hybridized carbons (Fsp3) is 0.353. The van der Waals surface area contributed by atoms with E-state index in [0.29, 0.717) is 0 Å². The number of guanidine groups is 1. The van der Waals surface area contributed by atoms with Gasteiger partial charge in [0.05, 0.1) is 0 Å². The van der Waals surface area contributed by atoms with Gasteiger partial charge < -0.3 is 10.2 Å². The Morgan fingerprint density at radius 2 is 1.91 bits per heavy atom. The van der Waals surface area contributed by atoms with E-state index in [-0.39, 0.29) is 24.0 Å². The highest BCUT2D eigenvalue weighted by Crippen LogP contribution is 2.09. The lowest BCUT2D eigenvalue weighted by Gasteiger charge is -2.21. The van der Waals surface area contributed by atoms with Gasteiger partial charge in [-0.15, -0.1) is 35.3 Å². The van der Waals surface area contributed by atoms with Crippen LogP contribution in [-0.2, 0) is 12.8 Å². The Morgan fingerprint density at radius 3 is 2.55 bits per heavy atom. The summed E-state index contributed by atoms with van der Waals surface area (Å²) in [5.41, 5.74) is 1.35. The van der Waals surface area contributed by atoms with Crippen LogP contribution < -0.4 is 5.32 Å². The van der Waals surface area contributed by atoms with Gasteiger partial charge in [-0.2, -0.15) is 0 Å². The number of nitrogens with zero attached hydrogens (tertiary/aromatic N) is 2. The maximum absolute atomic E-state index is 4.35. The molecule has 2 aromatic rings. The number of nitrogens with one attached hydrogen (secondary N) is 1. The number of likely N-dealkylation sites (N-methyl/N-ethyl adjacent to an activating group) is 1. The minimum atomic E-state index is 0. The molecule has 2 rings (SSSR count). The van der Waals surface area contributed by atoms with Gasteiger partial charge in [0.2, 0.25) is 0 Å². The lowest BCUT2D eigenvalue weighted by atomic mass is 10.1. The van der Waals surface area contributed by atoms with E-state index >= 15 is 0 Å². The maximum Gasteiger partial charge on any atom is 0.193 e. The monoisotopic (exact) mass is 429 g/mol. The number of hydrogen-bond donors (Lipinski definition) is 1. The molecule has 22 heavy (non-hydrogen) atoms. The summed E-state index contributed by atoms with van der Waals surface area (Å²) >= 11 is 1.81. The summed E-state index contributed by atoms with van der Waals surface area (Å²) in [4.78, 5) is 7.96. The predicted molar refractivity (Wildman–Crippen MR) is 108 cm³/mol. The van der Waals surface area contributed by atoms with Gasteiger partial charge in [0, 0.05) is 32.1 Å². The summed E-state index contributed by atoms with van der Waals surface area (Å²) < 4.78 is 0. The molecule has 0 fully saturated rings. The molecule has 0 atom stereocenters. The lowest BCUT2D eigenvalue weighted by molar-refractivity contribution is 0.487. The Hall–Kier alpha value is -1.08. The molecule has 0 spiro atoms. The molecule has 3 nitrogen and oxygen atoms in total. The SMILES string of the molecule is CN=C(NCCc1ccccc1)N(C)CCc1cccs1.I. The number of hydrogen-bond acceptors (Lipinski definition) is 2. The topological polar surface area (TPSA) is 27.6 Å². The van der Waals surface area contributed by atoms with E-state index in [1.54, 1.807) is 0 Å². The van der Waals surface area contributed by atoms with Crippen LogP contribution in [0, 0.1) is 0 Å². The number of aliphatic imine (C=N–C) groups is 1. The van der Waals surface area contributed by atoms with Crippen LogP contribution in [0.3, 0.4) is 0 Å². The van der Waals surface area contributed by atoms with E-state index < -0.39 is 0 Å². The Kier molecular flexibility index (Phi) is 9.15. The van der Waals surface area contributed by atoms with E-state index in [1.807, 2.05) is 24.5 Å². The van der Waals surface area contributed by atoms with Crippen LogP contribution >= 0.6 is 35.3 Å². The third-order valence-electron chi connectivity index (χ3n) is 3.39. The van der Waals surface area contributed by atoms with Gasteiger partial charge in [0.25, 0.3) is 0 Å². The van der Waals surface area contributed by atoms with Crippen LogP contribution in [-0.4, -0.2) is 38.0 Å². The quantitative estimate of drug-likeness (QED) is 0.431. The molecule has 0 radical (unpaired) electrons. The van der Waals surface area contributed by atoms with E-state index in [0.717, 1.165) is 31.9 Å². The fourth-order valence-electron chi connectivity index (χ4n) is 2.19. The molecule has 0 aliphatic carbocycles. The molecule has 0 aliphatic rings. The van der Waals surface area contributed by atoms with Crippen LogP contribution in [0.25, 0.3) is 0 Å². The van der Waals surface area contributed by atoms with Gasteiger partial charge >= 0.3 is 0 Å². The molecule has 0 aliphatic heterocycles. The lowest BCUT2D eigenvalue weighted by Crippen LogP contribution is -2.40. The second-order valence-electron chi connectivity index (χ2n) is 4.96. The van der Waals surface area contributed by atoms with Crippen molar-refractivity contribution < 1.29 is 0 Å². The third kappa shape index (κ3) is 6.36. The average molecular weight is 429 g/mol. The van der Waals surface area contributed by atoms with Crippen molar-refractivity contribution in [3.8, 4) is 0 Å². The molecule has 1 heterocycles. The number of rotatable bonds is 6. The highest BCUT2D eigenvalue weighted by atomic mass is 127. The van der Waals surface area contributed by atoms with Gasteiger partial charge in [0.1, 0.15) is 0 Å². The second kappa shape index (κ2) is 10.6. The minimum absolute atomic E-state index is 0. The Balaban J connectivity index is 0.00000242. The van der Waals surface area contributed by atoms with E-state index in [1.165, 1.54) is 10.4 Å². The number of thiophene rings is 1. The first-order chi connectivity index (χ1) is 10.3. The van der Waals surface area contributed by atoms with Crippen LogP contribution in [0.5, 0.6) is 0 Å². The summed E-state index contributed by atoms with van der Waals surface area (Å²) in [6.07, 6.45) is 2.08. The standard InChI is InChI=1S/C17H23N3S.HI/c1-18-17(19-12-10-15-7-4-3-5-8-15)20(2)13-11-16-9-6-14-21-16;/h3-9,14H,10-13H2,1-2H3,(H,18,19);1H. The minimum Gasteiger partial charge on any atom is -0.356 e. The zero-order chi connectivity index (χ0) is 14.9. The van der Waals surface area contributed by atoms with Gasteiger partial charge in [-0.1, -0.05) is 36.4 Å². The highest BCUT2D eigenvalue weighted by Gasteiger charge is 2.05. The zero-order valence-corrected chi connectivity index (χ0v) is 16.3. The van der Waals surface area contributed by atoms with Crippen molar-refractivity contribution in [1.29, 1.82) is 0 Å². The van der Waals surface area contributed by atoms with Crippen LogP contribution in [0.15, 0.2) is 52.8 Å². The fourth-order valence-corrected chi connectivity index (χ4v) is 2.88. The molecule has 0 amide bonds. The van der Waals surface area contributed by atoms with Crippen LogP contribution in [0.1, 0.15) is 10.4 Å². The van der Waals surface area contributed by atoms with Crippen molar-refractivity contribution in [2.24, 2.45) is 4.99 Å². The first-order valence-electron chi connectivity index (χ1n) is 7.27. The summed E-state index contributed by atoms with van der Waals surface area (Å²) in [6, 6.07) is 14.8. The average Bonchev–Trinajstić information content (AvgIpc) is 3.04. The molecular formula is C17H24IN3S. The molecule has 0 bridgehead atoms. The molecule has 1 aromatic carbocycles. The molecule has 0 saturated heterocycles. The predicted octanol–water partition coefficient (Wildman–Crippen LogP) is 3.66. The van der Waals surface area contributed by atoms with Crippen molar-refractivity contribution in [3.63, 3.8) is 0 Å². The normalized spacial score (nSPS) is 10.9. The van der Waals surface area contributed by atoms with Crippen molar-refractivity contribution >= 4 is 41.3 Å². The largest absolute Gasteiger partial charge is 0.356 e. The van der Waals surface area contributed by atoms with E-state index in [2.05, 4.69) is 64.0 Å². The van der Waals surface area contributed by atoms with Gasteiger partial charge in [0.15, 0.2) is 5.96 Å². The number of halogens is 1. The highest BCUT2D eigenvalue weighted by molar-refractivity contribution is 14.0. The van der Waals surface area contributed by atoms with Crippen LogP contribution in [0.2, 0.25) is 0 Å². The second-order valence-corrected chi connectivity index (χ2v) is 5.99. The van der Waals surface area contributed by atoms with Gasteiger partial charge in [-0.3, -0.25) is 4.99 Å². The van der Waals surface area contributed by atoms with E-state index in [4.69, 9.17) is 0 Å². The third-order valence-corrected chi connectivity index (χ3v) is 4.32. The Bertz CT molecular complexity index is 540. The molecule has 0 unspecified atom stereocenters. The summed E-state index contributed by atoms with van der Waals surface area (Å²) in [5.74, 6) is 0.961. The molecule has 1 N–H and O–H groups in total. The summed E-state index contributed by atoms with van der Waals surface area (Å²) in [7, 11) is 3.93. The molecule has 0 saturated carbocycles. The van der Waals surface area contributed by atoms with E-state index in [9.17, 15) is 0 Å². The van der Waals surface area contributed by atoms with Gasteiger partial charge in [-0.25, -0.2) is 0 Å². The summed E-state index contributed by atoms with van der Waals surface area (Å²) in [6.45, 7) is 1.88. The first kappa shape index (κ1) is 19.0. The molecular weight excluding hydrogens is 405 g/mol. The van der Waals surface area contributed by atoms with Crippen molar-refractivity contribution in [2.45, 2.75) is 12.8 Å². The molecule has 5 heteroatoms. The van der Waals surface area contributed by atoms with Gasteiger partial charge in [-0.05, 0) is 29.9 Å². The Labute approximate surface area is 154 Å². The summed E-state index contributed by atoms with van der Waals surface area (Å²) in [5, 5.41) is 5.55. The maximum atomic E-state index is 4.35. The van der Waals surface area contributed by atoms with Crippen molar-refractivity contribution in [2.75, 3.05) is 27.2 Å². The van der Waals surface area contributed by atoms with Crippen molar-refractivity contribution in [1.82, 2.24) is 10.2 Å². The number of benzene rings is 1. The first-order valence-corrected chi connectivity index (χ1v) is 8.15.